The number of rotatable bonds is 12. The van der Waals surface area contributed by atoms with Gasteiger partial charge >= 0.3 is 0 Å². The molecule has 0 saturated carbocycles. The number of halogens is 3. The number of amides is 2. The van der Waals surface area contributed by atoms with Gasteiger partial charge in [0.05, 0.1) is 11.9 Å². The lowest BCUT2D eigenvalue weighted by Gasteiger charge is -2.34. The number of nitrogens with one attached hydrogen (secondary N) is 1. The van der Waals surface area contributed by atoms with Crippen molar-refractivity contribution in [2.45, 2.75) is 58.2 Å². The molecule has 2 amide bonds. The fraction of sp³-hybridized carbons (Fsp3) is 0.355. The van der Waals surface area contributed by atoms with Gasteiger partial charge in [-0.2, -0.15) is 0 Å². The minimum atomic E-state index is -3.63. The maximum atomic E-state index is 13.9. The van der Waals surface area contributed by atoms with Crippen LogP contribution in [0.2, 0.25) is 15.1 Å². The molecule has 0 aromatic heterocycles. The number of nitrogens with zero attached hydrogens (tertiary/aromatic N) is 2. The predicted molar refractivity (Wildman–Crippen MR) is 172 cm³/mol. The molecule has 0 radical (unpaired) electrons. The number of benzene rings is 3. The van der Waals surface area contributed by atoms with Gasteiger partial charge in [0.15, 0.2) is 0 Å². The van der Waals surface area contributed by atoms with Gasteiger partial charge in [0.1, 0.15) is 6.04 Å². The Bertz CT molecular complexity index is 1480. The van der Waals surface area contributed by atoms with Crippen LogP contribution in [0.1, 0.15) is 44.7 Å². The lowest BCUT2D eigenvalue weighted by molar-refractivity contribution is -0.142. The predicted octanol–water partition coefficient (Wildman–Crippen LogP) is 6.75. The van der Waals surface area contributed by atoms with E-state index in [1.54, 1.807) is 42.5 Å². The lowest BCUT2D eigenvalue weighted by Crippen LogP contribution is -2.54. The van der Waals surface area contributed by atoms with Gasteiger partial charge in [-0.3, -0.25) is 13.9 Å². The lowest BCUT2D eigenvalue weighted by atomic mass is 10.00. The van der Waals surface area contributed by atoms with Gasteiger partial charge in [0, 0.05) is 46.5 Å². The fourth-order valence-corrected chi connectivity index (χ4v) is 6.01. The third kappa shape index (κ3) is 10.2. The maximum absolute atomic E-state index is 13.9. The van der Waals surface area contributed by atoms with Crippen molar-refractivity contribution >= 4 is 62.3 Å². The van der Waals surface area contributed by atoms with E-state index in [4.69, 9.17) is 34.8 Å². The Morgan fingerprint density at radius 1 is 0.905 bits per heavy atom. The molecule has 42 heavy (non-hydrogen) atoms. The first-order valence-electron chi connectivity index (χ1n) is 13.5. The molecule has 0 bridgehead atoms. The molecule has 0 heterocycles. The molecule has 0 aliphatic heterocycles. The fourth-order valence-electron chi connectivity index (χ4n) is 4.45. The summed E-state index contributed by atoms with van der Waals surface area (Å²) < 4.78 is 26.4. The number of hydrogen-bond donors (Lipinski definition) is 1. The van der Waals surface area contributed by atoms with Crippen LogP contribution in [0.4, 0.5) is 5.69 Å². The molecule has 0 saturated heterocycles. The molecule has 7 nitrogen and oxygen atoms in total. The molecule has 226 valence electrons. The Labute approximate surface area is 263 Å². The highest BCUT2D eigenvalue weighted by Gasteiger charge is 2.32. The zero-order valence-corrected chi connectivity index (χ0v) is 27.2. The van der Waals surface area contributed by atoms with Crippen LogP contribution in [0, 0.1) is 0 Å². The summed E-state index contributed by atoms with van der Waals surface area (Å²) in [4.78, 5) is 29.2. The molecule has 1 atom stereocenters. The summed E-state index contributed by atoms with van der Waals surface area (Å²) in [6, 6.07) is 20.1. The van der Waals surface area contributed by atoms with Crippen LogP contribution in [0.5, 0.6) is 0 Å². The van der Waals surface area contributed by atoms with Gasteiger partial charge in [-0.05, 0) is 74.7 Å². The summed E-state index contributed by atoms with van der Waals surface area (Å²) in [6.07, 6.45) is 1.61. The monoisotopic (exact) mass is 651 g/mol. The average molecular weight is 653 g/mol. The van der Waals surface area contributed by atoms with Gasteiger partial charge in [-0.25, -0.2) is 8.42 Å². The number of hydrogen-bond acceptors (Lipinski definition) is 4. The van der Waals surface area contributed by atoms with E-state index in [2.05, 4.69) is 5.32 Å². The topological polar surface area (TPSA) is 86.8 Å². The minimum absolute atomic E-state index is 0.00109. The Morgan fingerprint density at radius 2 is 1.52 bits per heavy atom. The highest BCUT2D eigenvalue weighted by Crippen LogP contribution is 2.26. The van der Waals surface area contributed by atoms with E-state index in [-0.39, 0.29) is 44.2 Å². The molecule has 11 heteroatoms. The van der Waals surface area contributed by atoms with E-state index in [9.17, 15) is 18.0 Å². The van der Waals surface area contributed by atoms with Crippen LogP contribution in [0.15, 0.2) is 72.8 Å². The van der Waals surface area contributed by atoms with E-state index in [0.717, 1.165) is 11.8 Å². The number of carbonyl (C=O) groups excluding carboxylic acids is 2. The van der Waals surface area contributed by atoms with E-state index < -0.39 is 21.6 Å². The smallest absolute Gasteiger partial charge is 0.243 e. The molecule has 0 aliphatic carbocycles. The number of anilines is 1. The van der Waals surface area contributed by atoms with Crippen molar-refractivity contribution in [3.63, 3.8) is 0 Å². The first-order valence-corrected chi connectivity index (χ1v) is 16.4. The molecule has 0 spiro atoms. The van der Waals surface area contributed by atoms with Gasteiger partial charge in [0.25, 0.3) is 0 Å². The summed E-state index contributed by atoms with van der Waals surface area (Å²) >= 11 is 18.6. The highest BCUT2D eigenvalue weighted by molar-refractivity contribution is 7.92. The Hall–Kier alpha value is -2.78. The van der Waals surface area contributed by atoms with Gasteiger partial charge < -0.3 is 10.2 Å². The molecule has 3 aromatic carbocycles. The summed E-state index contributed by atoms with van der Waals surface area (Å²) in [7, 11) is -3.63. The SMILES string of the molecule is CC(C)(C)NC(=O)C(Cc1ccccc1)N(Cc1ccc(Cl)cc1Cl)C(=O)CCCN(c1ccc(Cl)cc1)S(C)(=O)=O. The Kier molecular flexibility index (Phi) is 11.7. The molecule has 3 aromatic rings. The van der Waals surface area contributed by atoms with Crippen molar-refractivity contribution in [3.05, 3.63) is 99.0 Å². The second-order valence-electron chi connectivity index (χ2n) is 11.1. The summed E-state index contributed by atoms with van der Waals surface area (Å²) in [6.45, 7) is 5.77. The normalized spacial score (nSPS) is 12.5. The summed E-state index contributed by atoms with van der Waals surface area (Å²) in [5.41, 5.74) is 1.44. The molecular formula is C31H36Cl3N3O4S. The molecule has 1 N–H and O–H groups in total. The van der Waals surface area contributed by atoms with Gasteiger partial charge in [-0.15, -0.1) is 0 Å². The second kappa shape index (κ2) is 14.6. The molecule has 3 rings (SSSR count). The van der Waals surface area contributed by atoms with Crippen LogP contribution in [0.3, 0.4) is 0 Å². The minimum Gasteiger partial charge on any atom is -0.350 e. The van der Waals surface area contributed by atoms with Gasteiger partial charge in [0.2, 0.25) is 21.8 Å². The van der Waals surface area contributed by atoms with Crippen LogP contribution in [-0.2, 0) is 32.6 Å². The maximum Gasteiger partial charge on any atom is 0.243 e. The van der Waals surface area contributed by atoms with Crippen molar-refractivity contribution in [2.24, 2.45) is 0 Å². The molecule has 1 unspecified atom stereocenters. The Balaban J connectivity index is 1.93. The molecule has 0 fully saturated rings. The van der Waals surface area contributed by atoms with Crippen molar-refractivity contribution in [2.75, 3.05) is 17.1 Å². The average Bonchev–Trinajstić information content (AvgIpc) is 2.89. The van der Waals surface area contributed by atoms with E-state index >= 15 is 0 Å². The van der Waals surface area contributed by atoms with Gasteiger partial charge in [-0.1, -0.05) is 71.2 Å². The van der Waals surface area contributed by atoms with Crippen LogP contribution in [0.25, 0.3) is 0 Å². The third-order valence-electron chi connectivity index (χ3n) is 6.39. The van der Waals surface area contributed by atoms with Crippen molar-refractivity contribution in [3.8, 4) is 0 Å². The zero-order valence-electron chi connectivity index (χ0n) is 24.1. The molecular weight excluding hydrogens is 617 g/mol. The number of carbonyl (C=O) groups is 2. The summed E-state index contributed by atoms with van der Waals surface area (Å²) in [5.74, 6) is -0.612. The van der Waals surface area contributed by atoms with Crippen LogP contribution >= 0.6 is 34.8 Å². The van der Waals surface area contributed by atoms with E-state index in [0.29, 0.717) is 26.3 Å². The van der Waals surface area contributed by atoms with Crippen molar-refractivity contribution < 1.29 is 18.0 Å². The van der Waals surface area contributed by atoms with E-state index in [1.165, 1.54) is 9.21 Å². The summed E-state index contributed by atoms with van der Waals surface area (Å²) in [5, 5.41) is 4.33. The second-order valence-corrected chi connectivity index (χ2v) is 14.3. The first kappa shape index (κ1) is 33.7. The quantitative estimate of drug-likeness (QED) is 0.235. The van der Waals surface area contributed by atoms with E-state index in [1.807, 2.05) is 51.1 Å². The Morgan fingerprint density at radius 3 is 2.10 bits per heavy atom. The first-order chi connectivity index (χ1) is 19.6. The van der Waals surface area contributed by atoms with Crippen LogP contribution in [-0.4, -0.2) is 49.5 Å². The number of sulfonamides is 1. The van der Waals surface area contributed by atoms with Crippen LogP contribution < -0.4 is 9.62 Å². The van der Waals surface area contributed by atoms with Crippen molar-refractivity contribution in [1.82, 2.24) is 10.2 Å². The largest absolute Gasteiger partial charge is 0.350 e. The standard InChI is InChI=1S/C31H36Cl3N3O4S/c1-31(2,3)35-30(39)28(19-22-9-6-5-7-10-22)36(21-23-12-13-25(33)20-27(23)34)29(38)11-8-18-37(42(4,40)41)26-16-14-24(32)15-17-26/h5-7,9-10,12-17,20,28H,8,11,18-19,21H2,1-4H3,(H,35,39). The third-order valence-corrected chi connectivity index (χ3v) is 8.42. The van der Waals surface area contributed by atoms with Crippen molar-refractivity contribution in [1.29, 1.82) is 0 Å². The highest BCUT2D eigenvalue weighted by atomic mass is 35.5. The zero-order chi connectivity index (χ0) is 31.1. The molecule has 0 aliphatic rings.